The lowest BCUT2D eigenvalue weighted by Crippen LogP contribution is -2.46. The Balaban J connectivity index is 2.08. The Labute approximate surface area is 159 Å². The average Bonchev–Trinajstić information content (AvgIpc) is 3.08. The van der Waals surface area contributed by atoms with Crippen molar-refractivity contribution in [3.8, 4) is 6.07 Å². The topological polar surface area (TPSA) is 117 Å². The molecule has 1 aliphatic carbocycles. The molecule has 1 saturated carbocycles. The quantitative estimate of drug-likeness (QED) is 0.729. The molecule has 1 aromatic carbocycles. The third kappa shape index (κ3) is 4.64. The van der Waals surface area contributed by atoms with E-state index in [9.17, 15) is 23.3 Å². The Morgan fingerprint density at radius 2 is 1.93 bits per heavy atom. The number of hydrogen-bond acceptors (Lipinski definition) is 6. The van der Waals surface area contributed by atoms with E-state index >= 15 is 0 Å². The van der Waals surface area contributed by atoms with E-state index in [2.05, 4.69) is 11.4 Å². The maximum Gasteiger partial charge on any atom is 0.338 e. The molecule has 0 unspecified atom stereocenters. The average molecular weight is 393 g/mol. The molecular weight excluding hydrogens is 370 g/mol. The Bertz CT molecular complexity index is 881. The molecule has 27 heavy (non-hydrogen) atoms. The number of nitrogens with zero attached hydrogens (tertiary/aromatic N) is 2. The van der Waals surface area contributed by atoms with Gasteiger partial charge in [0.2, 0.25) is 10.0 Å². The van der Waals surface area contributed by atoms with Gasteiger partial charge >= 0.3 is 5.97 Å². The lowest BCUT2D eigenvalue weighted by molar-refractivity contribution is -0.125. The molecule has 9 heteroatoms. The molecular formula is C18H23N3O5S. The van der Waals surface area contributed by atoms with E-state index in [0.29, 0.717) is 18.4 Å². The van der Waals surface area contributed by atoms with Gasteiger partial charge in [-0.1, -0.05) is 6.07 Å². The maximum absolute atomic E-state index is 12.3. The second-order valence-corrected chi connectivity index (χ2v) is 8.94. The Morgan fingerprint density at radius 1 is 1.30 bits per heavy atom. The molecule has 0 spiro atoms. The molecule has 0 saturated heterocycles. The highest BCUT2D eigenvalue weighted by Crippen LogP contribution is 2.28. The fraction of sp³-hybridized carbons (Fsp3) is 0.500. The van der Waals surface area contributed by atoms with Crippen molar-refractivity contribution in [2.45, 2.75) is 43.0 Å². The van der Waals surface area contributed by atoms with E-state index < -0.39 is 34.0 Å². The number of rotatable bonds is 6. The van der Waals surface area contributed by atoms with Crippen LogP contribution in [-0.4, -0.2) is 50.8 Å². The number of esters is 1. The Hall–Kier alpha value is -2.44. The van der Waals surface area contributed by atoms with E-state index in [0.717, 1.165) is 17.1 Å². The van der Waals surface area contributed by atoms with Crippen LogP contribution in [0.4, 0.5) is 0 Å². The summed E-state index contributed by atoms with van der Waals surface area (Å²) >= 11 is 0. The molecule has 1 amide bonds. The normalized spacial score (nSPS) is 16.0. The number of ether oxygens (including phenoxy) is 1. The predicted octanol–water partition coefficient (Wildman–Crippen LogP) is 1.35. The van der Waals surface area contributed by atoms with E-state index in [1.165, 1.54) is 32.3 Å². The van der Waals surface area contributed by atoms with Crippen molar-refractivity contribution in [2.24, 2.45) is 0 Å². The van der Waals surface area contributed by atoms with Crippen LogP contribution in [0.5, 0.6) is 0 Å². The van der Waals surface area contributed by atoms with Crippen molar-refractivity contribution >= 4 is 21.9 Å². The lowest BCUT2D eigenvalue weighted by Gasteiger charge is -2.21. The standard InChI is InChI=1S/C18H23N3O5S/c1-13-6-7-14(27(24,25)21(2)3)10-15(13)17(23)26-11-16(22)20-18(12-19)8-4-5-9-18/h6-7,10H,4-5,8-9,11H2,1-3H3,(H,20,22). The second-order valence-electron chi connectivity index (χ2n) is 6.79. The summed E-state index contributed by atoms with van der Waals surface area (Å²) in [5.41, 5.74) is -0.289. The number of amides is 1. The van der Waals surface area contributed by atoms with Crippen LogP contribution in [0.15, 0.2) is 23.1 Å². The van der Waals surface area contributed by atoms with Crippen molar-refractivity contribution in [1.82, 2.24) is 9.62 Å². The molecule has 0 radical (unpaired) electrons. The van der Waals surface area contributed by atoms with Crippen LogP contribution in [0.25, 0.3) is 0 Å². The van der Waals surface area contributed by atoms with E-state index in [1.54, 1.807) is 6.92 Å². The monoisotopic (exact) mass is 393 g/mol. The minimum absolute atomic E-state index is 0.0381. The van der Waals surface area contributed by atoms with Crippen molar-refractivity contribution < 1.29 is 22.7 Å². The molecule has 0 heterocycles. The number of hydrogen-bond donors (Lipinski definition) is 1. The van der Waals surface area contributed by atoms with Gasteiger partial charge in [0.15, 0.2) is 6.61 Å². The van der Waals surface area contributed by atoms with Gasteiger partial charge in [-0.15, -0.1) is 0 Å². The van der Waals surface area contributed by atoms with Crippen LogP contribution in [0, 0.1) is 18.3 Å². The zero-order chi connectivity index (χ0) is 20.2. The smallest absolute Gasteiger partial charge is 0.338 e. The van der Waals surface area contributed by atoms with Crippen molar-refractivity contribution in [3.63, 3.8) is 0 Å². The van der Waals surface area contributed by atoms with Gasteiger partial charge in [0.1, 0.15) is 5.54 Å². The summed E-state index contributed by atoms with van der Waals surface area (Å²) in [5.74, 6) is -1.35. The SMILES string of the molecule is Cc1ccc(S(=O)(=O)N(C)C)cc1C(=O)OCC(=O)NC1(C#N)CCCC1. The number of nitrogens with one attached hydrogen (secondary N) is 1. The zero-order valence-electron chi connectivity index (χ0n) is 15.6. The van der Waals surface area contributed by atoms with Crippen LogP contribution in [0.3, 0.4) is 0 Å². The van der Waals surface area contributed by atoms with Gasteiger partial charge in [0.25, 0.3) is 5.91 Å². The van der Waals surface area contributed by atoms with Crippen LogP contribution in [0.1, 0.15) is 41.6 Å². The van der Waals surface area contributed by atoms with Gasteiger partial charge in [-0.3, -0.25) is 4.79 Å². The van der Waals surface area contributed by atoms with Gasteiger partial charge in [-0.05, 0) is 50.3 Å². The molecule has 0 aliphatic heterocycles. The molecule has 0 aromatic heterocycles. The van der Waals surface area contributed by atoms with Crippen LogP contribution in [0.2, 0.25) is 0 Å². The van der Waals surface area contributed by atoms with Gasteiger partial charge in [-0.2, -0.15) is 5.26 Å². The van der Waals surface area contributed by atoms with E-state index in [4.69, 9.17) is 4.74 Å². The minimum Gasteiger partial charge on any atom is -0.452 e. The van der Waals surface area contributed by atoms with Crippen LogP contribution in [-0.2, 0) is 19.6 Å². The van der Waals surface area contributed by atoms with Gasteiger partial charge in [0, 0.05) is 14.1 Å². The molecule has 1 fully saturated rings. The number of carbonyl (C=O) groups excluding carboxylic acids is 2. The van der Waals surface area contributed by atoms with Gasteiger partial charge < -0.3 is 10.1 Å². The number of benzene rings is 1. The summed E-state index contributed by atoms with van der Waals surface area (Å²) in [6, 6.07) is 6.28. The lowest BCUT2D eigenvalue weighted by atomic mass is 10.00. The number of carbonyl (C=O) groups is 2. The minimum atomic E-state index is -3.70. The fourth-order valence-corrected chi connectivity index (χ4v) is 3.88. The van der Waals surface area contributed by atoms with Crippen molar-refractivity contribution in [3.05, 3.63) is 29.3 Å². The molecule has 1 aromatic rings. The van der Waals surface area contributed by atoms with Gasteiger partial charge in [-0.25, -0.2) is 17.5 Å². The van der Waals surface area contributed by atoms with Crippen molar-refractivity contribution in [2.75, 3.05) is 20.7 Å². The predicted molar refractivity (Wildman–Crippen MR) is 97.3 cm³/mol. The first-order valence-electron chi connectivity index (χ1n) is 8.54. The Kier molecular flexibility index (Phi) is 6.23. The third-order valence-electron chi connectivity index (χ3n) is 4.59. The highest BCUT2D eigenvalue weighted by Gasteiger charge is 2.35. The molecule has 1 aliphatic rings. The molecule has 2 rings (SSSR count). The fourth-order valence-electron chi connectivity index (χ4n) is 2.95. The summed E-state index contributed by atoms with van der Waals surface area (Å²) < 4.78 is 30.5. The number of sulfonamides is 1. The first-order chi connectivity index (χ1) is 12.6. The maximum atomic E-state index is 12.3. The largest absolute Gasteiger partial charge is 0.452 e. The second kappa shape index (κ2) is 8.06. The number of aryl methyl sites for hydroxylation is 1. The van der Waals surface area contributed by atoms with E-state index in [1.807, 2.05) is 0 Å². The zero-order valence-corrected chi connectivity index (χ0v) is 16.4. The van der Waals surface area contributed by atoms with Crippen LogP contribution < -0.4 is 5.32 Å². The number of nitriles is 1. The summed E-state index contributed by atoms with van der Waals surface area (Å²) in [5, 5.41) is 11.9. The third-order valence-corrected chi connectivity index (χ3v) is 6.40. The molecule has 0 bridgehead atoms. The van der Waals surface area contributed by atoms with E-state index in [-0.39, 0.29) is 10.5 Å². The van der Waals surface area contributed by atoms with Crippen molar-refractivity contribution in [1.29, 1.82) is 5.26 Å². The molecule has 8 nitrogen and oxygen atoms in total. The van der Waals surface area contributed by atoms with Gasteiger partial charge in [0.05, 0.1) is 16.5 Å². The first-order valence-corrected chi connectivity index (χ1v) is 9.98. The summed E-state index contributed by atoms with van der Waals surface area (Å²) in [6.45, 7) is 1.11. The highest BCUT2D eigenvalue weighted by molar-refractivity contribution is 7.89. The molecule has 0 atom stereocenters. The molecule has 146 valence electrons. The Morgan fingerprint density at radius 3 is 2.48 bits per heavy atom. The summed E-state index contributed by atoms with van der Waals surface area (Å²) in [4.78, 5) is 24.3. The first kappa shape index (κ1) is 20.9. The summed E-state index contributed by atoms with van der Waals surface area (Å²) in [7, 11) is -0.909. The highest BCUT2D eigenvalue weighted by atomic mass is 32.2. The molecule has 1 N–H and O–H groups in total. The van der Waals surface area contributed by atoms with Crippen LogP contribution >= 0.6 is 0 Å². The summed E-state index contributed by atoms with van der Waals surface area (Å²) in [6.07, 6.45) is 2.87.